The van der Waals surface area contributed by atoms with Crippen LogP contribution in [0.4, 0.5) is 35.9 Å². The quantitative estimate of drug-likeness (QED) is 0.103. The van der Waals surface area contributed by atoms with E-state index in [1.54, 1.807) is 78.3 Å². The number of fused-ring (bicyclic) bond motifs is 8. The number of nitrogens with one attached hydrogen (secondary N) is 1. The molecule has 11 aromatic rings. The molecule has 1 aliphatic carbocycles. The molecule has 3 amide bonds. The fraction of sp³-hybridized carbons (Fsp3) is 0.337. The Hall–Kier alpha value is -11.3. The average Bonchev–Trinajstić information content (AvgIpc) is 1.65. The zero-order valence-electron chi connectivity index (χ0n) is 65.0. The lowest BCUT2D eigenvalue weighted by molar-refractivity contribution is -0.154. The number of nitrogens with two attached hydrogens (primary N) is 1. The molecule has 9 heterocycles. The average molecular weight is 1550 g/mol. The molecule has 3 N–H and O–H groups in total. The molecule has 1 saturated heterocycles. The summed E-state index contributed by atoms with van der Waals surface area (Å²) in [5.41, 5.74) is 23.8. The standard InChI is InChI=1S/C31H35FN4O2.C26H28FN3O3.C20H19FN4O.C12H13N3.ClH/c1-34-29-17-24-4-2-3-5-28(24)36(20-25(29)18-33-34)31(38)26-10-8-21(16-27(26)32)9-11-30(37)23-12-14-35(15-13-23)19-22-6-7-22;1-26(2,3)33-24(31)12-10-17-9-11-20(21(27)13-17)25(32)30-16-19-15-28-29(4)23(19)14-18-7-5-6-8-22(18)30;1-24-19-9-14-4-2-3-5-18(14)25(12-15(19)11-23-24)20(26)16-7-6-13(10-22)8-17(16)21;1-15-12-6-9-4-2-3-5-11(9)13-7-10(12)8-14-15;/h2-5,8,10,16,18,22-23H,6-7,9,11-15,17,19-20H2,1H3;5-9,11,13,15H,10,12,14,16H2,1-4H3;2-8,11H,9-10,12,22H2,1H3;2-5,8,13H,6-7H2,1H3;1H. The van der Waals surface area contributed by atoms with Gasteiger partial charge in [0.05, 0.1) is 61.1 Å². The SMILES string of the molecule is Cl.Cn1ncc2c1Cc1ccccc1N(C(=O)c1ccc(CCC(=O)C3CCN(CC4CC4)CC3)cc1F)C2.Cn1ncc2c1Cc1ccccc1N(C(=O)c1ccc(CCC(=O)OC(C)(C)C)cc1F)C2.Cn1ncc2c1Cc1ccccc1N(C(=O)c1ccc(CN)cc1F)C2.Cn1ncc2c1Cc1ccccc1NC2. The summed E-state index contributed by atoms with van der Waals surface area (Å²) in [6, 6.07) is 45.5. The smallest absolute Gasteiger partial charge is 0.306 e. The van der Waals surface area contributed by atoms with Gasteiger partial charge in [0, 0.05) is 160 Å². The molecule has 0 unspecified atom stereocenters. The van der Waals surface area contributed by atoms with Crippen LogP contribution >= 0.6 is 12.4 Å². The topological polar surface area (TPSA) is 217 Å². The van der Waals surface area contributed by atoms with Crippen LogP contribution in [-0.4, -0.2) is 98.7 Å². The van der Waals surface area contributed by atoms with E-state index in [0.717, 1.165) is 118 Å². The third-order valence-corrected chi connectivity index (χ3v) is 22.1. The van der Waals surface area contributed by atoms with Crippen LogP contribution in [0.25, 0.3) is 0 Å². The van der Waals surface area contributed by atoms with E-state index >= 15 is 8.78 Å². The first-order valence-corrected chi connectivity index (χ1v) is 38.5. The molecule has 5 aliphatic heterocycles. The number of hydrogen-bond acceptors (Lipinski definition) is 13. The second-order valence-electron chi connectivity index (χ2n) is 31.0. The molecule has 0 radical (unpaired) electrons. The Balaban J connectivity index is 0.000000137. The number of carbonyl (C=O) groups is 5. The van der Waals surface area contributed by atoms with Crippen molar-refractivity contribution in [2.75, 3.05) is 39.7 Å². The molecule has 17 rings (SSSR count). The van der Waals surface area contributed by atoms with E-state index in [1.807, 2.05) is 126 Å². The van der Waals surface area contributed by atoms with Crippen molar-refractivity contribution < 1.29 is 41.9 Å². The number of esters is 1. The lowest BCUT2D eigenvalue weighted by Gasteiger charge is -2.31. The number of nitrogens with zero attached hydrogens (tertiary/aromatic N) is 12. The van der Waals surface area contributed by atoms with Crippen molar-refractivity contribution in [3.05, 3.63) is 295 Å². The van der Waals surface area contributed by atoms with Gasteiger partial charge in [-0.2, -0.15) is 20.4 Å². The summed E-state index contributed by atoms with van der Waals surface area (Å²) in [7, 11) is 7.69. The Kier molecular flexibility index (Phi) is 24.6. The van der Waals surface area contributed by atoms with E-state index in [4.69, 9.17) is 10.5 Å². The molecule has 20 nitrogen and oxygen atoms in total. The number of ketones is 1. The molecule has 586 valence electrons. The van der Waals surface area contributed by atoms with Gasteiger partial charge < -0.3 is 35.4 Å². The largest absolute Gasteiger partial charge is 0.460 e. The van der Waals surface area contributed by atoms with Crippen molar-refractivity contribution in [3.8, 4) is 0 Å². The van der Waals surface area contributed by atoms with Crippen molar-refractivity contribution in [1.29, 1.82) is 0 Å². The molecule has 24 heteroatoms. The summed E-state index contributed by atoms with van der Waals surface area (Å²) in [5.74, 6) is -1.88. The Morgan fingerprint density at radius 1 is 0.469 bits per heavy atom. The van der Waals surface area contributed by atoms with E-state index < -0.39 is 29.0 Å². The number of hydrogen-bond donors (Lipinski definition) is 2. The van der Waals surface area contributed by atoms with E-state index in [2.05, 4.69) is 54.9 Å². The van der Waals surface area contributed by atoms with Crippen molar-refractivity contribution in [2.24, 2.45) is 45.8 Å². The van der Waals surface area contributed by atoms with Gasteiger partial charge in [0.2, 0.25) is 0 Å². The van der Waals surface area contributed by atoms with Crippen LogP contribution in [0.15, 0.2) is 176 Å². The first-order chi connectivity index (χ1) is 54.0. The molecule has 1 saturated carbocycles. The van der Waals surface area contributed by atoms with Crippen molar-refractivity contribution in [2.45, 2.75) is 136 Å². The minimum Gasteiger partial charge on any atom is -0.460 e. The van der Waals surface area contributed by atoms with Gasteiger partial charge in [-0.15, -0.1) is 12.4 Å². The highest BCUT2D eigenvalue weighted by Gasteiger charge is 2.34. The molecule has 7 aromatic carbocycles. The Morgan fingerprint density at radius 3 is 1.26 bits per heavy atom. The minimum absolute atomic E-state index is 0. The van der Waals surface area contributed by atoms with Crippen LogP contribution in [-0.2, 0) is 114 Å². The lowest BCUT2D eigenvalue weighted by Crippen LogP contribution is -2.37. The van der Waals surface area contributed by atoms with Gasteiger partial charge in [-0.25, -0.2) is 13.2 Å². The maximum atomic E-state index is 15.3. The zero-order valence-corrected chi connectivity index (χ0v) is 65.8. The van der Waals surface area contributed by atoms with Crippen LogP contribution in [0.2, 0.25) is 0 Å². The molecule has 113 heavy (non-hydrogen) atoms. The highest BCUT2D eigenvalue weighted by Crippen LogP contribution is 2.37. The fourth-order valence-electron chi connectivity index (χ4n) is 15.6. The first kappa shape index (κ1) is 79.8. The van der Waals surface area contributed by atoms with E-state index in [-0.39, 0.29) is 71.5 Å². The highest BCUT2D eigenvalue weighted by atomic mass is 35.5. The number of anilines is 4. The van der Waals surface area contributed by atoms with Gasteiger partial charge in [0.15, 0.2) is 0 Å². The van der Waals surface area contributed by atoms with Gasteiger partial charge in [-0.1, -0.05) is 91.0 Å². The van der Waals surface area contributed by atoms with Crippen molar-refractivity contribution in [3.63, 3.8) is 0 Å². The minimum atomic E-state index is -0.602. The molecular weight excluding hydrogens is 1450 g/mol. The van der Waals surface area contributed by atoms with Gasteiger partial charge in [0.1, 0.15) is 28.8 Å². The van der Waals surface area contributed by atoms with Gasteiger partial charge in [0.25, 0.3) is 17.7 Å². The number of ether oxygens (including phenoxy) is 1. The van der Waals surface area contributed by atoms with E-state index in [1.165, 1.54) is 72.2 Å². The number of likely N-dealkylation sites (tertiary alicyclic amines) is 1. The number of halogens is 4. The lowest BCUT2D eigenvalue weighted by atomic mass is 9.89. The second kappa shape index (κ2) is 34.8. The van der Waals surface area contributed by atoms with Crippen LogP contribution in [0.5, 0.6) is 0 Å². The number of amides is 3. The van der Waals surface area contributed by atoms with Gasteiger partial charge >= 0.3 is 5.97 Å². The van der Waals surface area contributed by atoms with Crippen LogP contribution < -0.4 is 25.8 Å². The molecule has 4 aromatic heterocycles. The number of Topliss-reactive ketones (excluding diaryl/α,β-unsaturated/α-hetero) is 1. The summed E-state index contributed by atoms with van der Waals surface area (Å²) >= 11 is 0. The van der Waals surface area contributed by atoms with Crippen molar-refractivity contribution in [1.82, 2.24) is 44.0 Å². The van der Waals surface area contributed by atoms with Gasteiger partial charge in [-0.05, 0) is 178 Å². The van der Waals surface area contributed by atoms with Crippen LogP contribution in [0.3, 0.4) is 0 Å². The van der Waals surface area contributed by atoms with E-state index in [9.17, 15) is 28.4 Å². The molecule has 0 spiro atoms. The van der Waals surface area contributed by atoms with Gasteiger partial charge in [-0.3, -0.25) is 42.7 Å². The number of aromatic nitrogens is 8. The maximum Gasteiger partial charge on any atom is 0.306 e. The molecule has 0 atom stereocenters. The predicted molar refractivity (Wildman–Crippen MR) is 432 cm³/mol. The fourth-order valence-corrected chi connectivity index (χ4v) is 15.6. The molecular formula is C89H96ClF3N14O6. The number of benzene rings is 7. The molecule has 6 aliphatic rings. The molecule has 2 fully saturated rings. The summed E-state index contributed by atoms with van der Waals surface area (Å²) in [6.07, 6.45) is 16.2. The predicted octanol–water partition coefficient (Wildman–Crippen LogP) is 14.6. The van der Waals surface area contributed by atoms with Crippen LogP contribution in [0.1, 0.15) is 174 Å². The highest BCUT2D eigenvalue weighted by molar-refractivity contribution is 6.08. The maximum absolute atomic E-state index is 15.3. The number of para-hydroxylation sites is 4. The zero-order chi connectivity index (χ0) is 78.5. The first-order valence-electron chi connectivity index (χ1n) is 38.5. The van der Waals surface area contributed by atoms with Crippen molar-refractivity contribution >= 4 is 64.6 Å². The number of piperidine rings is 1. The van der Waals surface area contributed by atoms with Crippen LogP contribution in [0, 0.1) is 29.3 Å². The number of rotatable bonds is 13. The monoisotopic (exact) mass is 1550 g/mol. The number of carbonyl (C=O) groups excluding carboxylic acids is 5. The summed E-state index contributed by atoms with van der Waals surface area (Å²) < 4.78 is 57.6. The Bertz CT molecular complexity index is 5340. The Labute approximate surface area is 663 Å². The summed E-state index contributed by atoms with van der Waals surface area (Å²) in [5, 5.41) is 20.7. The van der Waals surface area contributed by atoms with E-state index in [0.29, 0.717) is 69.3 Å². The Morgan fingerprint density at radius 2 is 0.841 bits per heavy atom. The second-order valence-corrected chi connectivity index (χ2v) is 31.0. The normalized spacial score (nSPS) is 14.8. The molecule has 0 bridgehead atoms. The summed E-state index contributed by atoms with van der Waals surface area (Å²) in [6.45, 7) is 10.8. The third-order valence-electron chi connectivity index (χ3n) is 22.1. The number of aryl methyl sites for hydroxylation is 6. The summed E-state index contributed by atoms with van der Waals surface area (Å²) in [4.78, 5) is 72.5. The third kappa shape index (κ3) is 18.4.